The average Bonchev–Trinajstić information content (AvgIpc) is 2.98. The zero-order valence-electron chi connectivity index (χ0n) is 14.9. The van der Waals surface area contributed by atoms with E-state index in [1.807, 2.05) is 12.1 Å². The van der Waals surface area contributed by atoms with Gasteiger partial charge in [0.2, 0.25) is 0 Å². The van der Waals surface area contributed by atoms with Crippen molar-refractivity contribution in [3.63, 3.8) is 0 Å². The van der Waals surface area contributed by atoms with E-state index in [1.165, 1.54) is 10.4 Å². The van der Waals surface area contributed by atoms with Crippen molar-refractivity contribution in [3.8, 4) is 6.07 Å². The molecule has 1 aromatic carbocycles. The number of carbonyl (C=O) groups is 1. The molecule has 0 saturated carbocycles. The van der Waals surface area contributed by atoms with Crippen LogP contribution in [0.1, 0.15) is 64.5 Å². The van der Waals surface area contributed by atoms with Gasteiger partial charge in [-0.25, -0.2) is 0 Å². The first-order valence-electron chi connectivity index (χ1n) is 8.76. The van der Waals surface area contributed by atoms with Crippen molar-refractivity contribution < 1.29 is 4.79 Å². The number of carbonyl (C=O) groups excluding carboxylic acids is 1. The van der Waals surface area contributed by atoms with Crippen molar-refractivity contribution in [2.45, 2.75) is 45.4 Å². The van der Waals surface area contributed by atoms with E-state index in [1.54, 1.807) is 23.5 Å². The fourth-order valence-electron chi connectivity index (χ4n) is 3.10. The highest BCUT2D eigenvalue weighted by Gasteiger charge is 2.21. The van der Waals surface area contributed by atoms with Gasteiger partial charge in [0.25, 0.3) is 5.91 Å². The summed E-state index contributed by atoms with van der Waals surface area (Å²) in [6.45, 7) is 4.23. The number of nitrogens with zero attached hydrogens (tertiary/aromatic N) is 1. The van der Waals surface area contributed by atoms with Gasteiger partial charge >= 0.3 is 0 Å². The second-order valence-corrected chi connectivity index (χ2v) is 8.23. The number of fused-ring (bicyclic) bond motifs is 1. The lowest BCUT2D eigenvalue weighted by Crippen LogP contribution is -2.34. The Bertz CT molecular complexity index is 876. The zero-order chi connectivity index (χ0) is 18.7. The number of aryl methyl sites for hydroxylation is 1. The summed E-state index contributed by atoms with van der Waals surface area (Å²) in [5, 5.41) is 16.2. The normalized spacial score (nSPS) is 13.0. The molecule has 26 heavy (non-hydrogen) atoms. The maximum atomic E-state index is 12.4. The quantitative estimate of drug-likeness (QED) is 0.751. The third-order valence-corrected chi connectivity index (χ3v) is 5.99. The van der Waals surface area contributed by atoms with Crippen LogP contribution in [0, 0.1) is 11.3 Å². The Morgan fingerprint density at radius 1 is 1.23 bits per heavy atom. The Kier molecular flexibility index (Phi) is 5.70. The molecule has 0 unspecified atom stereocenters. The molecule has 0 bridgehead atoms. The molecule has 1 aromatic heterocycles. The highest BCUT2D eigenvalue weighted by atomic mass is 32.1. The first kappa shape index (κ1) is 18.6. The molecule has 3 rings (SSSR count). The molecule has 0 aliphatic heterocycles. The number of thiophene rings is 1. The van der Waals surface area contributed by atoms with Crippen LogP contribution in [0.15, 0.2) is 24.3 Å². The lowest BCUT2D eigenvalue weighted by atomic mass is 9.96. The van der Waals surface area contributed by atoms with Crippen LogP contribution in [-0.4, -0.2) is 11.0 Å². The first-order chi connectivity index (χ1) is 12.5. The Morgan fingerprint density at radius 2 is 1.92 bits per heavy atom. The monoisotopic (exact) mass is 383 g/mol. The van der Waals surface area contributed by atoms with Crippen molar-refractivity contribution in [1.82, 2.24) is 5.32 Å². The number of amides is 1. The number of rotatable bonds is 3. The first-order valence-corrected chi connectivity index (χ1v) is 9.99. The second kappa shape index (κ2) is 7.98. The van der Waals surface area contributed by atoms with Crippen LogP contribution in [0.5, 0.6) is 0 Å². The highest BCUT2D eigenvalue weighted by Crippen LogP contribution is 2.37. The maximum Gasteiger partial charge on any atom is 0.257 e. The van der Waals surface area contributed by atoms with Gasteiger partial charge in [-0.3, -0.25) is 10.1 Å². The summed E-state index contributed by atoms with van der Waals surface area (Å²) in [4.78, 5) is 13.6. The molecule has 0 spiro atoms. The van der Waals surface area contributed by atoms with E-state index in [0.29, 0.717) is 17.0 Å². The van der Waals surface area contributed by atoms with Gasteiger partial charge < -0.3 is 5.32 Å². The van der Waals surface area contributed by atoms with Gasteiger partial charge in [0.15, 0.2) is 5.11 Å². The third kappa shape index (κ3) is 3.95. The smallest absolute Gasteiger partial charge is 0.257 e. The Hall–Kier alpha value is -2.23. The minimum Gasteiger partial charge on any atom is -0.323 e. The molecule has 1 aliphatic rings. The largest absolute Gasteiger partial charge is 0.323 e. The van der Waals surface area contributed by atoms with Gasteiger partial charge in [-0.1, -0.05) is 26.0 Å². The predicted molar refractivity (Wildman–Crippen MR) is 110 cm³/mol. The van der Waals surface area contributed by atoms with Crippen LogP contribution in [-0.2, 0) is 12.8 Å². The van der Waals surface area contributed by atoms with Crippen LogP contribution >= 0.6 is 23.6 Å². The summed E-state index contributed by atoms with van der Waals surface area (Å²) in [7, 11) is 0. The summed E-state index contributed by atoms with van der Waals surface area (Å²) >= 11 is 6.85. The number of hydrogen-bond acceptors (Lipinski definition) is 4. The lowest BCUT2D eigenvalue weighted by molar-refractivity contribution is 0.0977. The Morgan fingerprint density at radius 3 is 2.58 bits per heavy atom. The van der Waals surface area contributed by atoms with Gasteiger partial charge in [0.1, 0.15) is 11.1 Å². The Balaban J connectivity index is 1.68. The summed E-state index contributed by atoms with van der Waals surface area (Å²) in [5.41, 5.74) is 3.56. The van der Waals surface area contributed by atoms with Crippen LogP contribution in [0.4, 0.5) is 5.00 Å². The molecule has 0 radical (unpaired) electrons. The van der Waals surface area contributed by atoms with Crippen LogP contribution in [0.2, 0.25) is 0 Å². The standard InChI is InChI=1S/C20H21N3OS2/c1-12(2)13-7-9-14(10-8-13)18(24)22-20(25)23-19-16(11-21)15-5-3-4-6-17(15)26-19/h7-10,12H,3-6H2,1-2H3,(H2,22,23,24,25). The number of nitriles is 1. The number of nitrogens with one attached hydrogen (secondary N) is 2. The van der Waals surface area contributed by atoms with E-state index in [-0.39, 0.29) is 11.0 Å². The minimum absolute atomic E-state index is 0.220. The second-order valence-electron chi connectivity index (χ2n) is 6.71. The molecule has 0 atom stereocenters. The van der Waals surface area contributed by atoms with Crippen molar-refractivity contribution >= 4 is 39.6 Å². The average molecular weight is 384 g/mol. The molecule has 2 aromatic rings. The van der Waals surface area contributed by atoms with Crippen LogP contribution in [0.3, 0.4) is 0 Å². The molecular weight excluding hydrogens is 362 g/mol. The zero-order valence-corrected chi connectivity index (χ0v) is 16.5. The van der Waals surface area contributed by atoms with E-state index in [2.05, 4.69) is 30.6 Å². The molecule has 4 nitrogen and oxygen atoms in total. The molecule has 6 heteroatoms. The van der Waals surface area contributed by atoms with E-state index in [0.717, 1.165) is 36.2 Å². The van der Waals surface area contributed by atoms with Crippen LogP contribution < -0.4 is 10.6 Å². The van der Waals surface area contributed by atoms with E-state index in [9.17, 15) is 10.1 Å². The minimum atomic E-state index is -0.252. The molecular formula is C20H21N3OS2. The fraction of sp³-hybridized carbons (Fsp3) is 0.350. The number of anilines is 1. The van der Waals surface area contributed by atoms with E-state index >= 15 is 0 Å². The van der Waals surface area contributed by atoms with Crippen molar-refractivity contribution in [2.75, 3.05) is 5.32 Å². The predicted octanol–water partition coefficient (Wildman–Crippen LogP) is 4.75. The van der Waals surface area contributed by atoms with Gasteiger partial charge in [-0.2, -0.15) is 5.26 Å². The van der Waals surface area contributed by atoms with Crippen LogP contribution in [0.25, 0.3) is 0 Å². The summed E-state index contributed by atoms with van der Waals surface area (Å²) in [6, 6.07) is 9.80. The summed E-state index contributed by atoms with van der Waals surface area (Å²) in [6.07, 6.45) is 4.23. The SMILES string of the molecule is CC(C)c1ccc(C(=O)NC(=S)Nc2sc3c(c2C#N)CCCC3)cc1. The molecule has 0 saturated heterocycles. The highest BCUT2D eigenvalue weighted by molar-refractivity contribution is 7.80. The molecule has 1 amide bonds. The maximum absolute atomic E-state index is 12.4. The molecule has 0 fully saturated rings. The molecule has 1 aliphatic carbocycles. The lowest BCUT2D eigenvalue weighted by Gasteiger charge is -2.10. The van der Waals surface area contributed by atoms with Crippen molar-refractivity contribution in [1.29, 1.82) is 5.26 Å². The van der Waals surface area contributed by atoms with Crippen molar-refractivity contribution in [2.24, 2.45) is 0 Å². The van der Waals surface area contributed by atoms with Gasteiger partial charge in [-0.05, 0) is 67.1 Å². The molecule has 134 valence electrons. The van der Waals surface area contributed by atoms with Crippen molar-refractivity contribution in [3.05, 3.63) is 51.4 Å². The Labute approximate surface area is 163 Å². The third-order valence-electron chi connectivity index (χ3n) is 4.58. The van der Waals surface area contributed by atoms with Gasteiger partial charge in [0, 0.05) is 10.4 Å². The summed E-state index contributed by atoms with van der Waals surface area (Å²) in [5.74, 6) is 0.168. The topological polar surface area (TPSA) is 64.9 Å². The van der Waals surface area contributed by atoms with Gasteiger partial charge in [0.05, 0.1) is 5.56 Å². The number of benzene rings is 1. The molecule has 1 heterocycles. The van der Waals surface area contributed by atoms with Gasteiger partial charge in [-0.15, -0.1) is 11.3 Å². The number of hydrogen-bond donors (Lipinski definition) is 2. The van der Waals surface area contributed by atoms with E-state index in [4.69, 9.17) is 12.2 Å². The summed E-state index contributed by atoms with van der Waals surface area (Å²) < 4.78 is 0. The number of thiocarbonyl (C=S) groups is 1. The molecule has 2 N–H and O–H groups in total. The fourth-order valence-corrected chi connectivity index (χ4v) is 4.60. The van der Waals surface area contributed by atoms with E-state index < -0.39 is 0 Å².